The van der Waals surface area contributed by atoms with E-state index < -0.39 is 12.2 Å². The number of benzene rings is 1. The summed E-state index contributed by atoms with van der Waals surface area (Å²) in [6.45, 7) is 1.97. The molecule has 1 aliphatic heterocycles. The van der Waals surface area contributed by atoms with Gasteiger partial charge < -0.3 is 4.90 Å². The topological polar surface area (TPSA) is 34.0 Å². The molecule has 0 spiro atoms. The summed E-state index contributed by atoms with van der Waals surface area (Å²) in [5, 5.41) is 4.06. The van der Waals surface area contributed by atoms with Crippen molar-refractivity contribution in [3.63, 3.8) is 0 Å². The van der Waals surface area contributed by atoms with Gasteiger partial charge in [0.15, 0.2) is 5.82 Å². The van der Waals surface area contributed by atoms with Gasteiger partial charge in [0, 0.05) is 35.8 Å². The molecule has 1 fully saturated rings. The first-order valence-electron chi connectivity index (χ1n) is 8.54. The molecule has 0 bridgehead atoms. The van der Waals surface area contributed by atoms with Crippen LogP contribution in [0.5, 0.6) is 0 Å². The molecule has 27 heavy (non-hydrogen) atoms. The first-order chi connectivity index (χ1) is 13.1. The molecule has 3 heterocycles. The number of hydrogen-bond donors (Lipinski definition) is 0. The maximum Gasteiger partial charge on any atom is 0.281 e. The first-order valence-corrected chi connectivity index (χ1v) is 9.70. The number of rotatable bonds is 4. The Bertz CT molecular complexity index is 904. The molecule has 1 aromatic carbocycles. The molecule has 2 aromatic heterocycles. The molecule has 0 atom stereocenters. The molecule has 0 aliphatic carbocycles. The minimum atomic E-state index is -2.74. The van der Waals surface area contributed by atoms with Crippen LogP contribution in [0.25, 0.3) is 16.9 Å². The summed E-state index contributed by atoms with van der Waals surface area (Å²) in [6, 6.07) is 10.1. The van der Waals surface area contributed by atoms with E-state index in [9.17, 15) is 13.2 Å². The number of thioether (sulfide) groups is 1. The summed E-state index contributed by atoms with van der Waals surface area (Å²) in [5.41, 5.74) is 1.84. The Balaban J connectivity index is 1.68. The zero-order chi connectivity index (χ0) is 18.8. The van der Waals surface area contributed by atoms with Crippen molar-refractivity contribution < 1.29 is 13.2 Å². The van der Waals surface area contributed by atoms with Crippen molar-refractivity contribution >= 4 is 17.4 Å². The summed E-state index contributed by atoms with van der Waals surface area (Å²) < 4.78 is 41.7. The molecule has 0 amide bonds. The molecule has 4 rings (SSSR count). The highest BCUT2D eigenvalue weighted by Crippen LogP contribution is 2.33. The Morgan fingerprint density at radius 2 is 1.70 bits per heavy atom. The van der Waals surface area contributed by atoms with Crippen LogP contribution in [-0.2, 0) is 0 Å². The van der Waals surface area contributed by atoms with E-state index in [1.54, 1.807) is 0 Å². The van der Waals surface area contributed by atoms with Crippen LogP contribution in [0.4, 0.5) is 18.9 Å². The molecule has 3 aromatic rings. The largest absolute Gasteiger partial charge is 0.370 e. The summed E-state index contributed by atoms with van der Waals surface area (Å²) in [7, 11) is 0. The van der Waals surface area contributed by atoms with Crippen molar-refractivity contribution in [2.45, 2.75) is 6.43 Å². The highest BCUT2D eigenvalue weighted by atomic mass is 32.2. The number of pyridine rings is 1. The third-order valence-electron chi connectivity index (χ3n) is 4.50. The van der Waals surface area contributed by atoms with Crippen LogP contribution in [-0.4, -0.2) is 39.4 Å². The normalized spacial score (nSPS) is 14.7. The van der Waals surface area contributed by atoms with E-state index in [1.807, 2.05) is 36.0 Å². The molecule has 0 radical (unpaired) electrons. The van der Waals surface area contributed by atoms with E-state index in [-0.39, 0.29) is 11.5 Å². The third kappa shape index (κ3) is 3.66. The second-order valence-corrected chi connectivity index (χ2v) is 7.36. The molecular weight excluding hydrogens is 373 g/mol. The second-order valence-electron chi connectivity index (χ2n) is 6.14. The lowest BCUT2D eigenvalue weighted by Gasteiger charge is -2.28. The summed E-state index contributed by atoms with van der Waals surface area (Å²) in [5.74, 6) is 1.81. The fourth-order valence-electron chi connectivity index (χ4n) is 3.14. The zero-order valence-electron chi connectivity index (χ0n) is 14.4. The predicted octanol–water partition coefficient (Wildman–Crippen LogP) is 4.56. The van der Waals surface area contributed by atoms with Crippen LogP contribution in [0.3, 0.4) is 0 Å². The summed E-state index contributed by atoms with van der Waals surface area (Å²) in [4.78, 5) is 6.15. The van der Waals surface area contributed by atoms with Crippen molar-refractivity contribution in [2.75, 3.05) is 29.5 Å². The standard InChI is InChI=1S/C19H17F3N4S/c20-14-3-6-17(23-11-14)26-18(19(21)22)16(12-24-26)13-1-4-15(5-2-13)25-7-9-27-10-8-25/h1-6,11-12,19H,7-10H2. The quantitative estimate of drug-likeness (QED) is 0.654. The van der Waals surface area contributed by atoms with Crippen molar-refractivity contribution in [1.82, 2.24) is 14.8 Å². The van der Waals surface area contributed by atoms with Crippen LogP contribution in [0.15, 0.2) is 48.8 Å². The van der Waals surface area contributed by atoms with E-state index in [2.05, 4.69) is 15.0 Å². The number of halogens is 3. The molecule has 140 valence electrons. The van der Waals surface area contributed by atoms with Gasteiger partial charge in [0.2, 0.25) is 0 Å². The molecule has 0 N–H and O–H groups in total. The summed E-state index contributed by atoms with van der Waals surface area (Å²) >= 11 is 1.93. The van der Waals surface area contributed by atoms with E-state index >= 15 is 0 Å². The minimum absolute atomic E-state index is 0.153. The predicted molar refractivity (Wildman–Crippen MR) is 101 cm³/mol. The lowest BCUT2D eigenvalue weighted by molar-refractivity contribution is 0.143. The SMILES string of the molecule is Fc1ccc(-n2ncc(-c3ccc(N4CCSCC4)cc3)c2C(F)F)nc1. The molecule has 8 heteroatoms. The van der Waals surface area contributed by atoms with Crippen molar-refractivity contribution in [2.24, 2.45) is 0 Å². The lowest BCUT2D eigenvalue weighted by atomic mass is 10.1. The number of anilines is 1. The smallest absolute Gasteiger partial charge is 0.281 e. The Morgan fingerprint density at radius 3 is 2.33 bits per heavy atom. The van der Waals surface area contributed by atoms with Gasteiger partial charge in [-0.1, -0.05) is 12.1 Å². The van der Waals surface area contributed by atoms with Gasteiger partial charge in [-0.2, -0.15) is 16.9 Å². The van der Waals surface area contributed by atoms with E-state index in [1.165, 1.54) is 18.3 Å². The zero-order valence-corrected chi connectivity index (χ0v) is 15.2. The average molecular weight is 390 g/mol. The van der Waals surface area contributed by atoms with Crippen LogP contribution in [0.1, 0.15) is 12.1 Å². The molecule has 1 saturated heterocycles. The Kier molecular flexibility index (Phi) is 5.07. The van der Waals surface area contributed by atoms with Crippen LogP contribution >= 0.6 is 11.8 Å². The maximum atomic E-state index is 13.8. The van der Waals surface area contributed by atoms with E-state index in [0.29, 0.717) is 11.1 Å². The Labute approximate surface area is 159 Å². The van der Waals surface area contributed by atoms with Gasteiger partial charge in [0.1, 0.15) is 11.5 Å². The Hall–Kier alpha value is -2.48. The van der Waals surface area contributed by atoms with Gasteiger partial charge in [-0.15, -0.1) is 0 Å². The summed E-state index contributed by atoms with van der Waals surface area (Å²) in [6.07, 6.45) is -0.357. The number of aromatic nitrogens is 3. The molecule has 0 unspecified atom stereocenters. The van der Waals surface area contributed by atoms with Gasteiger partial charge in [-0.25, -0.2) is 22.8 Å². The minimum Gasteiger partial charge on any atom is -0.370 e. The highest BCUT2D eigenvalue weighted by molar-refractivity contribution is 7.99. The fraction of sp³-hybridized carbons (Fsp3) is 0.263. The number of nitrogens with zero attached hydrogens (tertiary/aromatic N) is 4. The maximum absolute atomic E-state index is 13.8. The van der Waals surface area contributed by atoms with Crippen molar-refractivity contribution in [1.29, 1.82) is 0 Å². The van der Waals surface area contributed by atoms with Gasteiger partial charge in [0.05, 0.1) is 12.4 Å². The van der Waals surface area contributed by atoms with Crippen LogP contribution < -0.4 is 4.90 Å². The Morgan fingerprint density at radius 1 is 0.963 bits per heavy atom. The second kappa shape index (κ2) is 7.64. The van der Waals surface area contributed by atoms with E-state index in [4.69, 9.17) is 0 Å². The highest BCUT2D eigenvalue weighted by Gasteiger charge is 2.23. The molecule has 0 saturated carbocycles. The monoisotopic (exact) mass is 390 g/mol. The number of hydrogen-bond acceptors (Lipinski definition) is 4. The van der Waals surface area contributed by atoms with Crippen LogP contribution in [0.2, 0.25) is 0 Å². The number of alkyl halides is 2. The fourth-order valence-corrected chi connectivity index (χ4v) is 4.04. The third-order valence-corrected chi connectivity index (χ3v) is 5.44. The van der Waals surface area contributed by atoms with Crippen molar-refractivity contribution in [3.8, 4) is 16.9 Å². The first kappa shape index (κ1) is 17.9. The molecular formula is C19H17F3N4S. The average Bonchev–Trinajstić information content (AvgIpc) is 3.15. The van der Waals surface area contributed by atoms with Gasteiger partial charge in [-0.05, 0) is 29.8 Å². The van der Waals surface area contributed by atoms with Gasteiger partial charge >= 0.3 is 0 Å². The van der Waals surface area contributed by atoms with E-state index in [0.717, 1.165) is 41.2 Å². The molecule has 4 nitrogen and oxygen atoms in total. The van der Waals surface area contributed by atoms with Gasteiger partial charge in [0.25, 0.3) is 6.43 Å². The van der Waals surface area contributed by atoms with Gasteiger partial charge in [-0.3, -0.25) is 0 Å². The van der Waals surface area contributed by atoms with Crippen LogP contribution in [0, 0.1) is 5.82 Å². The lowest BCUT2D eigenvalue weighted by Crippen LogP contribution is -2.32. The van der Waals surface area contributed by atoms with Crippen molar-refractivity contribution in [3.05, 3.63) is 60.3 Å². The molecule has 1 aliphatic rings.